The van der Waals surface area contributed by atoms with Crippen molar-refractivity contribution in [2.24, 2.45) is 0 Å². The fourth-order valence-corrected chi connectivity index (χ4v) is 2.29. The summed E-state index contributed by atoms with van der Waals surface area (Å²) in [7, 11) is 0. The van der Waals surface area contributed by atoms with Gasteiger partial charge < -0.3 is 9.84 Å². The Morgan fingerprint density at radius 1 is 1.33 bits per heavy atom. The van der Waals surface area contributed by atoms with Crippen LogP contribution in [0.1, 0.15) is 31.2 Å². The van der Waals surface area contributed by atoms with E-state index < -0.39 is 0 Å². The van der Waals surface area contributed by atoms with Crippen LogP contribution in [0, 0.1) is 0 Å². The van der Waals surface area contributed by atoms with Crippen molar-refractivity contribution >= 4 is 15.9 Å². The van der Waals surface area contributed by atoms with Crippen molar-refractivity contribution in [3.8, 4) is 11.5 Å². The molecule has 94 valence electrons. The van der Waals surface area contributed by atoms with Crippen LogP contribution < -0.4 is 5.32 Å². The molecule has 0 saturated carbocycles. The lowest BCUT2D eigenvalue weighted by molar-refractivity contribution is 0.297. The van der Waals surface area contributed by atoms with E-state index in [1.807, 2.05) is 12.1 Å². The lowest BCUT2D eigenvalue weighted by Crippen LogP contribution is -2.26. The molecule has 0 spiro atoms. The quantitative estimate of drug-likeness (QED) is 0.924. The van der Waals surface area contributed by atoms with Crippen LogP contribution in [-0.4, -0.2) is 21.7 Å². The molecule has 0 bridgehead atoms. The Labute approximate surface area is 113 Å². The Morgan fingerprint density at radius 3 is 3.00 bits per heavy atom. The first-order valence-electron chi connectivity index (χ1n) is 6.02. The van der Waals surface area contributed by atoms with Gasteiger partial charge in [-0.2, -0.15) is 4.98 Å². The Hall–Kier alpha value is -1.27. The van der Waals surface area contributed by atoms with Crippen LogP contribution in [0.15, 0.2) is 27.3 Å². The van der Waals surface area contributed by atoms with E-state index >= 15 is 0 Å². The normalized spacial score (nSPS) is 19.9. The van der Waals surface area contributed by atoms with E-state index in [4.69, 9.17) is 4.52 Å². The Bertz CT molecular complexity index is 519. The summed E-state index contributed by atoms with van der Waals surface area (Å²) < 4.78 is 6.25. The summed E-state index contributed by atoms with van der Waals surface area (Å²) in [5, 5.41) is 7.37. The first kappa shape index (κ1) is 11.8. The van der Waals surface area contributed by atoms with Crippen molar-refractivity contribution in [2.45, 2.75) is 25.3 Å². The van der Waals surface area contributed by atoms with Crippen LogP contribution in [0.5, 0.6) is 0 Å². The minimum absolute atomic E-state index is 0.190. The number of halogens is 1. The fraction of sp³-hybridized carbons (Fsp3) is 0.417. The van der Waals surface area contributed by atoms with Crippen LogP contribution in [0.3, 0.4) is 0 Å². The number of hydrogen-bond acceptors (Lipinski definition) is 5. The third-order valence-electron chi connectivity index (χ3n) is 3.01. The van der Waals surface area contributed by atoms with Crippen molar-refractivity contribution in [3.05, 3.63) is 28.7 Å². The predicted octanol–water partition coefficient (Wildman–Crippen LogP) is 2.71. The van der Waals surface area contributed by atoms with Crippen LogP contribution in [0.2, 0.25) is 0 Å². The number of rotatable bonds is 2. The molecule has 0 radical (unpaired) electrons. The third kappa shape index (κ3) is 2.44. The Balaban J connectivity index is 1.82. The maximum atomic E-state index is 5.31. The highest BCUT2D eigenvalue weighted by Gasteiger charge is 2.21. The molecule has 5 nitrogen and oxygen atoms in total. The van der Waals surface area contributed by atoms with Crippen molar-refractivity contribution in [1.29, 1.82) is 0 Å². The lowest BCUT2D eigenvalue weighted by Gasteiger charge is -2.19. The summed E-state index contributed by atoms with van der Waals surface area (Å²) in [5.74, 6) is 1.21. The van der Waals surface area contributed by atoms with Crippen molar-refractivity contribution < 1.29 is 4.52 Å². The monoisotopic (exact) mass is 308 g/mol. The molecular weight excluding hydrogens is 296 g/mol. The zero-order valence-corrected chi connectivity index (χ0v) is 11.4. The van der Waals surface area contributed by atoms with Crippen molar-refractivity contribution in [1.82, 2.24) is 20.4 Å². The van der Waals surface area contributed by atoms with Gasteiger partial charge in [0.05, 0.1) is 6.04 Å². The molecule has 2 aromatic rings. The summed E-state index contributed by atoms with van der Waals surface area (Å²) in [6, 6.07) is 3.97. The van der Waals surface area contributed by atoms with E-state index in [1.165, 1.54) is 12.8 Å². The van der Waals surface area contributed by atoms with Crippen LogP contribution >= 0.6 is 15.9 Å². The topological polar surface area (TPSA) is 63.8 Å². The van der Waals surface area contributed by atoms with E-state index in [-0.39, 0.29) is 6.04 Å². The maximum absolute atomic E-state index is 5.31. The summed E-state index contributed by atoms with van der Waals surface area (Å²) in [5.41, 5.74) is 0.726. The molecule has 18 heavy (non-hydrogen) atoms. The van der Waals surface area contributed by atoms with E-state index in [0.717, 1.165) is 23.1 Å². The molecule has 2 aromatic heterocycles. The first-order valence-corrected chi connectivity index (χ1v) is 6.81. The summed E-state index contributed by atoms with van der Waals surface area (Å²) in [6.45, 7) is 1.01. The number of nitrogens with zero attached hydrogens (tertiary/aromatic N) is 3. The zero-order valence-electron chi connectivity index (χ0n) is 9.77. The van der Waals surface area contributed by atoms with Gasteiger partial charge in [0, 0.05) is 10.7 Å². The second kappa shape index (κ2) is 5.16. The van der Waals surface area contributed by atoms with Gasteiger partial charge >= 0.3 is 0 Å². The molecule has 0 aromatic carbocycles. The Kier molecular flexibility index (Phi) is 3.38. The predicted molar refractivity (Wildman–Crippen MR) is 69.8 cm³/mol. The molecule has 1 saturated heterocycles. The van der Waals surface area contributed by atoms with Crippen molar-refractivity contribution in [3.63, 3.8) is 0 Å². The average Bonchev–Trinajstić information content (AvgIpc) is 2.90. The summed E-state index contributed by atoms with van der Waals surface area (Å²) >= 11 is 3.35. The molecule has 1 atom stereocenters. The molecule has 3 rings (SSSR count). The molecular formula is C12H13BrN4O. The summed E-state index contributed by atoms with van der Waals surface area (Å²) in [4.78, 5) is 8.67. The first-order chi connectivity index (χ1) is 8.83. The molecule has 0 aliphatic carbocycles. The highest BCUT2D eigenvalue weighted by atomic mass is 79.9. The summed E-state index contributed by atoms with van der Waals surface area (Å²) in [6.07, 6.45) is 5.19. The molecule has 3 heterocycles. The number of pyridine rings is 1. The van der Waals surface area contributed by atoms with Gasteiger partial charge in [0.2, 0.25) is 11.7 Å². The van der Waals surface area contributed by atoms with E-state index in [9.17, 15) is 0 Å². The highest BCUT2D eigenvalue weighted by molar-refractivity contribution is 9.10. The standard InChI is InChI=1S/C12H13BrN4O/c13-8-4-5-9(15-7-8)11-16-12(18-17-11)10-3-1-2-6-14-10/h4-5,7,10,14H,1-3,6H2. The fourth-order valence-electron chi connectivity index (χ4n) is 2.05. The van der Waals surface area contributed by atoms with Gasteiger partial charge in [0.25, 0.3) is 0 Å². The highest BCUT2D eigenvalue weighted by Crippen LogP contribution is 2.23. The van der Waals surface area contributed by atoms with E-state index in [1.54, 1.807) is 6.20 Å². The number of hydrogen-bond donors (Lipinski definition) is 1. The van der Waals surface area contributed by atoms with Crippen molar-refractivity contribution in [2.75, 3.05) is 6.54 Å². The number of piperidine rings is 1. The van der Waals surface area contributed by atoms with Gasteiger partial charge in [-0.15, -0.1) is 0 Å². The lowest BCUT2D eigenvalue weighted by atomic mass is 10.1. The van der Waals surface area contributed by atoms with E-state index in [0.29, 0.717) is 11.7 Å². The van der Waals surface area contributed by atoms with Gasteiger partial charge in [-0.25, -0.2) is 0 Å². The minimum atomic E-state index is 0.190. The number of nitrogens with one attached hydrogen (secondary N) is 1. The van der Waals surface area contributed by atoms with Crippen LogP contribution in [0.4, 0.5) is 0 Å². The van der Waals surface area contributed by atoms with Crippen LogP contribution in [0.25, 0.3) is 11.5 Å². The molecule has 1 unspecified atom stereocenters. The SMILES string of the molecule is Brc1ccc(-c2noc(C3CCCCN3)n2)nc1. The second-order valence-corrected chi connectivity index (χ2v) is 5.24. The molecule has 1 N–H and O–H groups in total. The zero-order chi connectivity index (χ0) is 12.4. The second-order valence-electron chi connectivity index (χ2n) is 4.32. The third-order valence-corrected chi connectivity index (χ3v) is 3.48. The molecule has 0 amide bonds. The Morgan fingerprint density at radius 2 is 2.28 bits per heavy atom. The minimum Gasteiger partial charge on any atom is -0.337 e. The average molecular weight is 309 g/mol. The number of aromatic nitrogens is 3. The molecule has 1 aliphatic heterocycles. The van der Waals surface area contributed by atoms with Gasteiger partial charge in [0.15, 0.2) is 0 Å². The van der Waals surface area contributed by atoms with Gasteiger partial charge in [0.1, 0.15) is 5.69 Å². The van der Waals surface area contributed by atoms with Crippen LogP contribution in [-0.2, 0) is 0 Å². The van der Waals surface area contributed by atoms with Gasteiger partial charge in [-0.05, 0) is 47.4 Å². The van der Waals surface area contributed by atoms with E-state index in [2.05, 4.69) is 36.4 Å². The largest absolute Gasteiger partial charge is 0.337 e. The molecule has 1 fully saturated rings. The molecule has 1 aliphatic rings. The van der Waals surface area contributed by atoms with Gasteiger partial charge in [-0.1, -0.05) is 11.6 Å². The van der Waals surface area contributed by atoms with Gasteiger partial charge in [-0.3, -0.25) is 4.98 Å². The smallest absolute Gasteiger partial charge is 0.244 e. The maximum Gasteiger partial charge on any atom is 0.244 e. The molecule has 6 heteroatoms.